The maximum atomic E-state index is 15.2. The topological polar surface area (TPSA) is 130 Å². The second kappa shape index (κ2) is 21.2. The lowest BCUT2D eigenvalue weighted by Gasteiger charge is -2.41. The molecule has 3 rings (SSSR count). The first-order valence-corrected chi connectivity index (χ1v) is 28.1. The fourth-order valence-electron chi connectivity index (χ4n) is 6.23. The van der Waals surface area contributed by atoms with E-state index in [1.54, 1.807) is 17.2 Å². The third-order valence-electron chi connectivity index (χ3n) is 9.27. The molecule has 0 bridgehead atoms. The number of ether oxygens (including phenoxy) is 1. The Hall–Kier alpha value is -3.96. The summed E-state index contributed by atoms with van der Waals surface area (Å²) in [6, 6.07) is 14.6. The molecule has 0 aliphatic carbocycles. The molecule has 1 heterocycles. The highest BCUT2D eigenvalue weighted by Gasteiger charge is 2.37. The molecule has 3 N–H and O–H groups in total. The molecule has 0 aliphatic heterocycles. The van der Waals surface area contributed by atoms with Crippen LogP contribution >= 0.6 is 11.8 Å². The fraction of sp³-hybridized carbons (Fsp3) is 0.524. The van der Waals surface area contributed by atoms with Crippen LogP contribution in [-0.2, 0) is 25.7 Å². The van der Waals surface area contributed by atoms with Gasteiger partial charge >= 0.3 is 12.1 Å². The van der Waals surface area contributed by atoms with Gasteiger partial charge in [-0.05, 0) is 53.8 Å². The summed E-state index contributed by atoms with van der Waals surface area (Å²) >= 11 is 1.12. The van der Waals surface area contributed by atoms with Crippen LogP contribution in [0.15, 0.2) is 60.8 Å². The summed E-state index contributed by atoms with van der Waals surface area (Å²) in [5, 5.41) is 15.3. The third kappa shape index (κ3) is 16.4. The number of benzene rings is 2. The molecule has 0 fully saturated rings. The van der Waals surface area contributed by atoms with Gasteiger partial charge in [0, 0.05) is 71.0 Å². The zero-order valence-corrected chi connectivity index (χ0v) is 37.9. The van der Waals surface area contributed by atoms with Gasteiger partial charge in [-0.2, -0.15) is 0 Å². The average Bonchev–Trinajstić information content (AvgIpc) is 3.50. The summed E-state index contributed by atoms with van der Waals surface area (Å²) in [6.45, 7) is 20.2. The summed E-state index contributed by atoms with van der Waals surface area (Å²) in [4.78, 5) is 53.5. The van der Waals surface area contributed by atoms with Crippen molar-refractivity contribution in [3.8, 4) is 11.1 Å². The highest BCUT2D eigenvalue weighted by atomic mass is 32.2. The molecular weight excluding hydrogens is 783 g/mol. The number of nitrogens with zero attached hydrogens (tertiary/aromatic N) is 2. The van der Waals surface area contributed by atoms with Gasteiger partial charge in [-0.15, -0.1) is 11.8 Å². The molecule has 10 nitrogen and oxygen atoms in total. The second-order valence-electron chi connectivity index (χ2n) is 18.0. The maximum Gasteiger partial charge on any atom is 0.407 e. The number of hydrogen-bond acceptors (Lipinski definition) is 6. The van der Waals surface area contributed by atoms with E-state index in [0.717, 1.165) is 47.6 Å². The largest absolute Gasteiger partial charge is 0.480 e. The number of carboxylic acid groups (broad SMARTS) is 1. The summed E-state index contributed by atoms with van der Waals surface area (Å²) in [5.41, 5.74) is 1.60. The lowest BCUT2D eigenvalue weighted by Crippen LogP contribution is -2.45. The van der Waals surface area contributed by atoms with Crippen LogP contribution in [-0.4, -0.2) is 91.8 Å². The normalized spacial score (nSPS) is 13.1. The number of nitrogens with one attached hydrogen (secondary N) is 2. The SMILES string of the molecule is CC(C)(C)C(c1cc(-c2cc(F)ccc2F)cn1Cc1ccccc1)N(CCCNC(=O)OCC[Si](C)(C)C)C(=O)CSCC(NC(=O)CC[Si](C)(C)C)C(=O)O. The molecule has 2 atom stereocenters. The minimum Gasteiger partial charge on any atom is -0.480 e. The molecular formula is C42H62F2N4O6SSi2. The van der Waals surface area contributed by atoms with Gasteiger partial charge in [0.1, 0.15) is 17.7 Å². The third-order valence-corrected chi connectivity index (χ3v) is 13.7. The predicted molar refractivity (Wildman–Crippen MR) is 231 cm³/mol. The Balaban J connectivity index is 1.96. The van der Waals surface area contributed by atoms with E-state index in [0.29, 0.717) is 30.8 Å². The molecule has 2 unspecified atom stereocenters. The highest BCUT2D eigenvalue weighted by molar-refractivity contribution is 8.00. The van der Waals surface area contributed by atoms with Gasteiger partial charge < -0.3 is 29.9 Å². The summed E-state index contributed by atoms with van der Waals surface area (Å²) in [6.07, 6.45) is 1.87. The van der Waals surface area contributed by atoms with E-state index in [-0.39, 0.29) is 48.4 Å². The lowest BCUT2D eigenvalue weighted by atomic mass is 9.83. The van der Waals surface area contributed by atoms with Gasteiger partial charge in [0.15, 0.2) is 0 Å². The molecule has 0 saturated carbocycles. The Morgan fingerprint density at radius 3 is 2.23 bits per heavy atom. The average molecular weight is 845 g/mol. The van der Waals surface area contributed by atoms with E-state index < -0.39 is 57.3 Å². The number of hydrogen-bond donors (Lipinski definition) is 3. The molecule has 3 amide bonds. The van der Waals surface area contributed by atoms with Crippen LogP contribution in [0.3, 0.4) is 0 Å². The van der Waals surface area contributed by atoms with Crippen LogP contribution in [0.4, 0.5) is 13.6 Å². The van der Waals surface area contributed by atoms with Crippen LogP contribution < -0.4 is 10.6 Å². The first kappa shape index (κ1) is 47.4. The summed E-state index contributed by atoms with van der Waals surface area (Å²) in [5.74, 6) is -3.06. The summed E-state index contributed by atoms with van der Waals surface area (Å²) < 4.78 is 37.1. The van der Waals surface area contributed by atoms with Crippen molar-refractivity contribution in [3.05, 3.63) is 83.7 Å². The summed E-state index contributed by atoms with van der Waals surface area (Å²) in [7, 11) is -2.91. The van der Waals surface area contributed by atoms with Gasteiger partial charge in [-0.1, -0.05) is 90.4 Å². The molecule has 0 aliphatic rings. The molecule has 2 aromatic carbocycles. The van der Waals surface area contributed by atoms with E-state index in [1.165, 1.54) is 0 Å². The minimum atomic E-state index is -1.52. The number of rotatable bonds is 21. The first-order chi connectivity index (χ1) is 26.5. The number of carbonyl (C=O) groups is 4. The van der Waals surface area contributed by atoms with Crippen molar-refractivity contribution in [1.29, 1.82) is 0 Å². The van der Waals surface area contributed by atoms with Crippen molar-refractivity contribution in [1.82, 2.24) is 20.1 Å². The van der Waals surface area contributed by atoms with Crippen LogP contribution in [0, 0.1) is 17.0 Å². The quantitative estimate of drug-likeness (QED) is 0.0722. The van der Waals surface area contributed by atoms with Gasteiger partial charge in [-0.25, -0.2) is 18.4 Å². The van der Waals surface area contributed by atoms with E-state index in [1.807, 2.05) is 55.7 Å². The molecule has 1 aromatic heterocycles. The number of carboxylic acids is 1. The Labute approximate surface area is 343 Å². The van der Waals surface area contributed by atoms with Crippen LogP contribution in [0.2, 0.25) is 51.4 Å². The Morgan fingerprint density at radius 2 is 1.61 bits per heavy atom. The van der Waals surface area contributed by atoms with E-state index >= 15 is 4.39 Å². The molecule has 0 saturated heterocycles. The second-order valence-corrected chi connectivity index (χ2v) is 30.3. The van der Waals surface area contributed by atoms with Crippen LogP contribution in [0.25, 0.3) is 11.1 Å². The molecule has 15 heteroatoms. The van der Waals surface area contributed by atoms with Crippen molar-refractivity contribution >= 4 is 51.8 Å². The Kier molecular flexibility index (Phi) is 17.6. The Morgan fingerprint density at radius 1 is 0.947 bits per heavy atom. The molecule has 0 spiro atoms. The molecule has 314 valence electrons. The monoisotopic (exact) mass is 844 g/mol. The van der Waals surface area contributed by atoms with Crippen LogP contribution in [0.5, 0.6) is 0 Å². The zero-order valence-electron chi connectivity index (χ0n) is 35.0. The number of amides is 3. The van der Waals surface area contributed by atoms with E-state index in [4.69, 9.17) is 4.74 Å². The van der Waals surface area contributed by atoms with Crippen molar-refractivity contribution in [3.63, 3.8) is 0 Å². The van der Waals surface area contributed by atoms with Gasteiger partial charge in [0.05, 0.1) is 18.4 Å². The number of thioether (sulfide) groups is 1. The maximum absolute atomic E-state index is 15.2. The standard InChI is InChI=1S/C42H62F2N4O6SSi2/c1-42(2,3)39(36-24-31(33-25-32(43)16-17-34(33)44)27-47(36)26-30-14-11-10-12-15-30)48(20-13-19-45-41(53)54-21-23-57(7,8)9)38(50)29-55-28-35(40(51)52)46-37(49)18-22-56(4,5)6/h10-12,14-17,24-25,27,35,39H,13,18-23,26,28-29H2,1-9H3,(H,45,53)(H,46,49)(H,51,52). The predicted octanol–water partition coefficient (Wildman–Crippen LogP) is 8.88. The van der Waals surface area contributed by atoms with Gasteiger partial charge in [-0.3, -0.25) is 9.59 Å². The van der Waals surface area contributed by atoms with Crippen molar-refractivity contribution < 1.29 is 37.8 Å². The fourth-order valence-corrected chi connectivity index (χ4v) is 8.84. The number of carbonyl (C=O) groups excluding carboxylic acids is 3. The van der Waals surface area contributed by atoms with E-state index in [9.17, 15) is 28.7 Å². The first-order valence-electron chi connectivity index (χ1n) is 19.5. The zero-order chi connectivity index (χ0) is 42.6. The van der Waals surface area contributed by atoms with Crippen molar-refractivity contribution in [2.24, 2.45) is 5.41 Å². The number of alkyl carbamates (subject to hydrolysis) is 1. The lowest BCUT2D eigenvalue weighted by molar-refractivity contribution is -0.141. The number of aromatic nitrogens is 1. The van der Waals surface area contributed by atoms with Gasteiger partial charge in [0.2, 0.25) is 11.8 Å². The number of halogens is 2. The molecule has 3 aromatic rings. The minimum absolute atomic E-state index is 0.0218. The smallest absolute Gasteiger partial charge is 0.407 e. The van der Waals surface area contributed by atoms with E-state index in [2.05, 4.69) is 49.9 Å². The Bertz CT molecular complexity index is 1810. The number of aliphatic carboxylic acids is 1. The molecule has 0 radical (unpaired) electrons. The van der Waals surface area contributed by atoms with Crippen molar-refractivity contribution in [2.75, 3.05) is 31.2 Å². The van der Waals surface area contributed by atoms with Crippen molar-refractivity contribution in [2.45, 2.75) is 104 Å². The van der Waals surface area contributed by atoms with Crippen LogP contribution in [0.1, 0.15) is 50.9 Å². The molecule has 57 heavy (non-hydrogen) atoms. The van der Waals surface area contributed by atoms with Gasteiger partial charge in [0.25, 0.3) is 0 Å². The highest BCUT2D eigenvalue weighted by Crippen LogP contribution is 2.41.